The largest absolute Gasteiger partial charge is 0.0654 e. The van der Waals surface area contributed by atoms with E-state index < -0.39 is 7.92 Å². The first-order chi connectivity index (χ1) is 16.5. The molecule has 0 heterocycles. The fraction of sp³-hybridized carbons (Fsp3) is 0.455. The maximum atomic E-state index is 2.53. The molecule has 0 amide bonds. The van der Waals surface area contributed by atoms with Gasteiger partial charge in [-0.1, -0.05) is 94.6 Å². The third kappa shape index (κ3) is 6.20. The number of hydrogen-bond donors (Lipinski definition) is 0. The van der Waals surface area contributed by atoms with Crippen molar-refractivity contribution in [1.29, 1.82) is 0 Å². The van der Waals surface area contributed by atoms with E-state index in [1.165, 1.54) is 85.1 Å². The Morgan fingerprint density at radius 3 is 1.79 bits per heavy atom. The van der Waals surface area contributed by atoms with Crippen molar-refractivity contribution in [2.75, 3.05) is 0 Å². The maximum absolute atomic E-state index is 2.53. The molecule has 0 spiro atoms. The van der Waals surface area contributed by atoms with Crippen LogP contribution < -0.4 is 15.9 Å². The van der Waals surface area contributed by atoms with E-state index >= 15 is 0 Å². The highest BCUT2D eigenvalue weighted by Gasteiger charge is 2.24. The third-order valence-electron chi connectivity index (χ3n) is 7.39. The van der Waals surface area contributed by atoms with Gasteiger partial charge in [-0.25, -0.2) is 0 Å². The molecular weight excluding hydrogens is 427 g/mol. The van der Waals surface area contributed by atoms with Gasteiger partial charge in [0.05, 0.1) is 0 Å². The predicted molar refractivity (Wildman–Crippen MR) is 155 cm³/mol. The lowest BCUT2D eigenvalue weighted by Crippen LogP contribution is -2.27. The standard InChI is InChI=1S/C33H45P/c1-7-10-16-28-22-24-33(31(20-12-9-3)30(28)19-11-8-2)34(29-17-14-13-15-18-29)32-23-21-25(4)26(5)27(32)6/h13-15,17-18,21-24H,7-12,16,19-20H2,1-6H3. The van der Waals surface area contributed by atoms with Gasteiger partial charge < -0.3 is 0 Å². The van der Waals surface area contributed by atoms with Gasteiger partial charge in [0.1, 0.15) is 0 Å². The first-order valence-corrected chi connectivity index (χ1v) is 14.9. The van der Waals surface area contributed by atoms with Crippen LogP contribution in [-0.4, -0.2) is 0 Å². The number of hydrogen-bond acceptors (Lipinski definition) is 0. The van der Waals surface area contributed by atoms with Crippen LogP contribution in [0.1, 0.15) is 92.7 Å². The molecule has 0 bridgehead atoms. The van der Waals surface area contributed by atoms with E-state index in [9.17, 15) is 0 Å². The van der Waals surface area contributed by atoms with Crippen LogP contribution in [0.25, 0.3) is 0 Å². The van der Waals surface area contributed by atoms with Crippen molar-refractivity contribution in [3.05, 3.63) is 88.0 Å². The van der Waals surface area contributed by atoms with Crippen LogP contribution >= 0.6 is 7.92 Å². The average Bonchev–Trinajstić information content (AvgIpc) is 2.86. The Balaban J connectivity index is 2.28. The Morgan fingerprint density at radius 2 is 1.15 bits per heavy atom. The van der Waals surface area contributed by atoms with Crippen molar-refractivity contribution in [2.24, 2.45) is 0 Å². The van der Waals surface area contributed by atoms with E-state index in [-0.39, 0.29) is 0 Å². The van der Waals surface area contributed by atoms with Crippen LogP contribution in [0.4, 0.5) is 0 Å². The molecule has 1 heteroatoms. The maximum Gasteiger partial charge on any atom is -0.0116 e. The van der Waals surface area contributed by atoms with Gasteiger partial charge in [0.2, 0.25) is 0 Å². The summed E-state index contributed by atoms with van der Waals surface area (Å²) in [5.41, 5.74) is 9.30. The van der Waals surface area contributed by atoms with Gasteiger partial charge in [-0.15, -0.1) is 0 Å². The molecule has 0 radical (unpaired) electrons. The molecule has 1 atom stereocenters. The Morgan fingerprint density at radius 1 is 0.559 bits per heavy atom. The summed E-state index contributed by atoms with van der Waals surface area (Å²) in [5, 5.41) is 4.61. The molecule has 0 aromatic heterocycles. The highest BCUT2D eigenvalue weighted by atomic mass is 31.1. The van der Waals surface area contributed by atoms with Gasteiger partial charge >= 0.3 is 0 Å². The van der Waals surface area contributed by atoms with Gasteiger partial charge in [0.25, 0.3) is 0 Å². The smallest absolute Gasteiger partial charge is 0.0116 e. The van der Waals surface area contributed by atoms with E-state index in [0.717, 1.165) is 0 Å². The topological polar surface area (TPSA) is 0 Å². The Bertz CT molecular complexity index is 1050. The average molecular weight is 473 g/mol. The zero-order valence-corrected chi connectivity index (χ0v) is 23.4. The molecule has 3 aromatic carbocycles. The molecule has 0 nitrogen and oxygen atoms in total. The summed E-state index contributed by atoms with van der Waals surface area (Å²) in [6.45, 7) is 13.9. The predicted octanol–water partition coefficient (Wildman–Crippen LogP) is 8.40. The lowest BCUT2D eigenvalue weighted by Gasteiger charge is -2.28. The van der Waals surface area contributed by atoms with Crippen LogP contribution in [0.5, 0.6) is 0 Å². The molecule has 0 aliphatic rings. The SMILES string of the molecule is CCCCc1ccc(P(c2ccccc2)c2ccc(C)c(C)c2C)c(CCCC)c1CCCC. The van der Waals surface area contributed by atoms with E-state index in [0.29, 0.717) is 0 Å². The molecular formula is C33H45P. The molecule has 0 N–H and O–H groups in total. The normalized spacial score (nSPS) is 12.2. The first kappa shape index (κ1) is 26.7. The zero-order chi connectivity index (χ0) is 24.5. The fourth-order valence-electron chi connectivity index (χ4n) is 5.01. The zero-order valence-electron chi connectivity index (χ0n) is 22.5. The van der Waals surface area contributed by atoms with Crippen molar-refractivity contribution >= 4 is 23.8 Å². The molecule has 3 rings (SSSR count). The van der Waals surface area contributed by atoms with Crippen LogP contribution in [0, 0.1) is 20.8 Å². The second-order valence-corrected chi connectivity index (χ2v) is 12.0. The van der Waals surface area contributed by atoms with Crippen LogP contribution in [0.15, 0.2) is 54.6 Å². The Labute approximate surface area is 211 Å². The van der Waals surface area contributed by atoms with Crippen LogP contribution in [-0.2, 0) is 19.3 Å². The lowest BCUT2D eigenvalue weighted by molar-refractivity contribution is 0.737. The number of rotatable bonds is 12. The van der Waals surface area contributed by atoms with Crippen molar-refractivity contribution < 1.29 is 0 Å². The Hall–Kier alpha value is -1.91. The molecule has 0 saturated carbocycles. The third-order valence-corrected chi connectivity index (χ3v) is 10.1. The van der Waals surface area contributed by atoms with Crippen molar-refractivity contribution in [3.8, 4) is 0 Å². The van der Waals surface area contributed by atoms with E-state index in [2.05, 4.69) is 96.1 Å². The minimum absolute atomic E-state index is 0.589. The first-order valence-electron chi connectivity index (χ1n) is 13.6. The summed E-state index contributed by atoms with van der Waals surface area (Å²) in [6, 6.07) is 21.1. The highest BCUT2D eigenvalue weighted by molar-refractivity contribution is 7.80. The molecule has 0 aliphatic heterocycles. The van der Waals surface area contributed by atoms with Gasteiger partial charge in [-0.2, -0.15) is 0 Å². The second-order valence-electron chi connectivity index (χ2n) is 9.83. The molecule has 3 aromatic rings. The molecule has 182 valence electrons. The summed E-state index contributed by atoms with van der Waals surface area (Å²) >= 11 is 0. The summed E-state index contributed by atoms with van der Waals surface area (Å²) in [6.07, 6.45) is 11.3. The summed E-state index contributed by atoms with van der Waals surface area (Å²) in [5.74, 6) is 0. The molecule has 0 fully saturated rings. The number of aryl methyl sites for hydroxylation is 2. The van der Waals surface area contributed by atoms with Crippen molar-refractivity contribution in [2.45, 2.75) is 99.3 Å². The van der Waals surface area contributed by atoms with Gasteiger partial charge in [0, 0.05) is 0 Å². The van der Waals surface area contributed by atoms with E-state index in [1.54, 1.807) is 22.0 Å². The number of unbranched alkanes of at least 4 members (excludes halogenated alkanes) is 3. The number of benzene rings is 3. The lowest BCUT2D eigenvalue weighted by atomic mass is 9.91. The summed E-state index contributed by atoms with van der Waals surface area (Å²) in [4.78, 5) is 0. The van der Waals surface area contributed by atoms with E-state index in [4.69, 9.17) is 0 Å². The second kappa shape index (κ2) is 13.3. The van der Waals surface area contributed by atoms with E-state index in [1.807, 2.05) is 0 Å². The fourth-order valence-corrected chi connectivity index (χ4v) is 7.76. The van der Waals surface area contributed by atoms with Crippen molar-refractivity contribution in [3.63, 3.8) is 0 Å². The molecule has 34 heavy (non-hydrogen) atoms. The van der Waals surface area contributed by atoms with Crippen LogP contribution in [0.2, 0.25) is 0 Å². The van der Waals surface area contributed by atoms with Gasteiger partial charge in [0.15, 0.2) is 0 Å². The highest BCUT2D eigenvalue weighted by Crippen LogP contribution is 2.38. The van der Waals surface area contributed by atoms with Crippen molar-refractivity contribution in [1.82, 2.24) is 0 Å². The minimum Gasteiger partial charge on any atom is -0.0654 e. The molecule has 0 saturated heterocycles. The van der Waals surface area contributed by atoms with Gasteiger partial charge in [-0.05, 0) is 117 Å². The molecule has 1 unspecified atom stereocenters. The summed E-state index contributed by atoms with van der Waals surface area (Å²) < 4.78 is 0. The Kier molecular flexibility index (Phi) is 10.4. The molecule has 0 aliphatic carbocycles. The van der Waals surface area contributed by atoms with Gasteiger partial charge in [-0.3, -0.25) is 0 Å². The minimum atomic E-state index is -0.589. The monoisotopic (exact) mass is 472 g/mol. The summed E-state index contributed by atoms with van der Waals surface area (Å²) in [7, 11) is -0.589. The quantitative estimate of drug-likeness (QED) is 0.232. The van der Waals surface area contributed by atoms with Crippen LogP contribution in [0.3, 0.4) is 0 Å².